The monoisotopic (exact) mass is 415 g/mol. The van der Waals surface area contributed by atoms with E-state index in [1.807, 2.05) is 19.1 Å². The number of methoxy groups -OCH3 is 1. The van der Waals surface area contributed by atoms with E-state index in [4.69, 9.17) is 4.74 Å². The van der Waals surface area contributed by atoms with Crippen molar-refractivity contribution in [3.05, 3.63) is 82.1 Å². The van der Waals surface area contributed by atoms with Gasteiger partial charge in [-0.05, 0) is 48.7 Å². The van der Waals surface area contributed by atoms with Crippen LogP contribution in [0.3, 0.4) is 0 Å². The van der Waals surface area contributed by atoms with Crippen molar-refractivity contribution in [3.8, 4) is 0 Å². The van der Waals surface area contributed by atoms with E-state index < -0.39 is 23.6 Å². The van der Waals surface area contributed by atoms with Crippen LogP contribution in [0, 0.1) is 0 Å². The third-order valence-corrected chi connectivity index (χ3v) is 4.96. The summed E-state index contributed by atoms with van der Waals surface area (Å²) in [4.78, 5) is 26.9. The minimum atomic E-state index is -4.60. The number of ether oxygens (including phenoxy) is 1. The topological polar surface area (TPSA) is 46.6 Å². The number of rotatable bonds is 4. The second-order valence-electron chi connectivity index (χ2n) is 6.76. The van der Waals surface area contributed by atoms with Gasteiger partial charge in [0.2, 0.25) is 0 Å². The molecule has 0 radical (unpaired) electrons. The van der Waals surface area contributed by atoms with Crippen molar-refractivity contribution in [2.45, 2.75) is 26.4 Å². The Balaban J connectivity index is 2.16. The van der Waals surface area contributed by atoms with Crippen molar-refractivity contribution in [1.29, 1.82) is 0 Å². The molecule has 0 aromatic heterocycles. The van der Waals surface area contributed by atoms with Crippen LogP contribution in [-0.4, -0.2) is 19.0 Å². The fraction of sp³-hybridized carbons (Fsp3) is 0.217. The number of carbonyl (C=O) groups is 2. The van der Waals surface area contributed by atoms with Crippen molar-refractivity contribution < 1.29 is 27.5 Å². The van der Waals surface area contributed by atoms with Gasteiger partial charge in [0.05, 0.1) is 23.8 Å². The van der Waals surface area contributed by atoms with Crippen LogP contribution in [0.1, 0.15) is 30.5 Å². The van der Waals surface area contributed by atoms with Crippen molar-refractivity contribution in [1.82, 2.24) is 0 Å². The van der Waals surface area contributed by atoms with Gasteiger partial charge in [0.1, 0.15) is 0 Å². The van der Waals surface area contributed by atoms with Crippen LogP contribution in [0.15, 0.2) is 65.4 Å². The zero-order chi connectivity index (χ0) is 22.1. The zero-order valence-electron chi connectivity index (χ0n) is 16.7. The number of allylic oxidation sites excluding steroid dienone is 1. The Bertz CT molecular complexity index is 1050. The molecule has 0 bridgehead atoms. The summed E-state index contributed by atoms with van der Waals surface area (Å²) in [6, 6.07) is 12.1. The van der Waals surface area contributed by atoms with E-state index in [0.29, 0.717) is 11.4 Å². The lowest BCUT2D eigenvalue weighted by Crippen LogP contribution is -2.24. The van der Waals surface area contributed by atoms with E-state index in [1.165, 1.54) is 23.1 Å². The molecular formula is C23H20F3NO3. The molecule has 0 unspecified atom stereocenters. The number of hydrogen-bond acceptors (Lipinski definition) is 3. The average Bonchev–Trinajstić information content (AvgIpc) is 2.97. The van der Waals surface area contributed by atoms with Gasteiger partial charge in [-0.2, -0.15) is 13.2 Å². The third kappa shape index (κ3) is 3.87. The number of amides is 1. The Morgan fingerprint density at radius 3 is 2.30 bits per heavy atom. The molecule has 0 spiro atoms. The SMILES string of the molecule is CCc1ccc(N2C(=O)/C(=C\c3ccccc3C(F)(F)F)C(C(=O)OC)=C2C)cc1. The predicted molar refractivity (Wildman–Crippen MR) is 107 cm³/mol. The lowest BCUT2D eigenvalue weighted by atomic mass is 10.00. The van der Waals surface area contributed by atoms with Gasteiger partial charge in [0.15, 0.2) is 0 Å². The molecule has 1 aliphatic heterocycles. The molecule has 3 rings (SSSR count). The summed E-state index contributed by atoms with van der Waals surface area (Å²) < 4.78 is 45.0. The molecule has 4 nitrogen and oxygen atoms in total. The normalized spacial score (nSPS) is 15.9. The molecule has 156 valence electrons. The summed E-state index contributed by atoms with van der Waals surface area (Å²) >= 11 is 0. The first-order valence-electron chi connectivity index (χ1n) is 9.30. The maximum Gasteiger partial charge on any atom is 0.416 e. The number of alkyl halides is 3. The predicted octanol–water partition coefficient (Wildman–Crippen LogP) is 5.15. The van der Waals surface area contributed by atoms with Crippen LogP contribution in [-0.2, 0) is 26.9 Å². The maximum atomic E-state index is 13.4. The highest BCUT2D eigenvalue weighted by Gasteiger charge is 2.39. The van der Waals surface area contributed by atoms with Crippen LogP contribution in [0.2, 0.25) is 0 Å². The first kappa shape index (κ1) is 21.4. The Morgan fingerprint density at radius 1 is 1.10 bits per heavy atom. The minimum Gasteiger partial charge on any atom is -0.465 e. The summed E-state index contributed by atoms with van der Waals surface area (Å²) in [6.45, 7) is 3.56. The van der Waals surface area contributed by atoms with Crippen LogP contribution >= 0.6 is 0 Å². The maximum absolute atomic E-state index is 13.4. The summed E-state index contributed by atoms with van der Waals surface area (Å²) in [7, 11) is 1.16. The van der Waals surface area contributed by atoms with Gasteiger partial charge < -0.3 is 4.74 Å². The number of anilines is 1. The summed E-state index contributed by atoms with van der Waals surface area (Å²) in [5.74, 6) is -1.38. The highest BCUT2D eigenvalue weighted by atomic mass is 19.4. The van der Waals surface area contributed by atoms with Crippen LogP contribution < -0.4 is 4.90 Å². The number of esters is 1. The molecule has 2 aromatic carbocycles. The van der Waals surface area contributed by atoms with Crippen molar-refractivity contribution in [2.75, 3.05) is 12.0 Å². The third-order valence-electron chi connectivity index (χ3n) is 4.96. The highest BCUT2D eigenvalue weighted by Crippen LogP contribution is 2.38. The molecule has 0 N–H and O–H groups in total. The molecule has 2 aromatic rings. The largest absolute Gasteiger partial charge is 0.465 e. The number of halogens is 3. The van der Waals surface area contributed by atoms with Crippen LogP contribution in [0.25, 0.3) is 6.08 Å². The van der Waals surface area contributed by atoms with E-state index >= 15 is 0 Å². The smallest absolute Gasteiger partial charge is 0.416 e. The molecule has 1 heterocycles. The number of carbonyl (C=O) groups excluding carboxylic acids is 2. The number of benzene rings is 2. The molecule has 0 saturated carbocycles. The van der Waals surface area contributed by atoms with Gasteiger partial charge >= 0.3 is 12.1 Å². The highest BCUT2D eigenvalue weighted by molar-refractivity contribution is 6.23. The quantitative estimate of drug-likeness (QED) is 0.513. The van der Waals surface area contributed by atoms with Gasteiger partial charge in [-0.15, -0.1) is 0 Å². The fourth-order valence-electron chi connectivity index (χ4n) is 3.41. The number of nitrogens with zero attached hydrogens (tertiary/aromatic N) is 1. The summed E-state index contributed by atoms with van der Waals surface area (Å²) in [5.41, 5.74) is 0.587. The zero-order valence-corrected chi connectivity index (χ0v) is 16.7. The average molecular weight is 415 g/mol. The molecule has 0 fully saturated rings. The van der Waals surface area contributed by atoms with E-state index in [1.54, 1.807) is 19.1 Å². The Morgan fingerprint density at radius 2 is 1.73 bits per heavy atom. The van der Waals surface area contributed by atoms with Crippen molar-refractivity contribution in [3.63, 3.8) is 0 Å². The van der Waals surface area contributed by atoms with Crippen molar-refractivity contribution >= 4 is 23.6 Å². The summed E-state index contributed by atoms with van der Waals surface area (Å²) in [5, 5.41) is 0. The Hall–Kier alpha value is -3.35. The fourth-order valence-corrected chi connectivity index (χ4v) is 3.41. The van der Waals surface area contributed by atoms with Gasteiger partial charge in [-0.1, -0.05) is 37.3 Å². The molecule has 0 aliphatic carbocycles. The van der Waals surface area contributed by atoms with Crippen molar-refractivity contribution in [2.24, 2.45) is 0 Å². The molecule has 7 heteroatoms. The lowest BCUT2D eigenvalue weighted by Gasteiger charge is -2.18. The van der Waals surface area contributed by atoms with Gasteiger partial charge in [-0.25, -0.2) is 4.79 Å². The first-order valence-corrected chi connectivity index (χ1v) is 9.30. The second-order valence-corrected chi connectivity index (χ2v) is 6.76. The van der Waals surface area contributed by atoms with Crippen LogP contribution in [0.4, 0.5) is 18.9 Å². The van der Waals surface area contributed by atoms with E-state index in [9.17, 15) is 22.8 Å². The second kappa shape index (κ2) is 8.18. The van der Waals surface area contributed by atoms with E-state index in [2.05, 4.69) is 0 Å². The number of hydrogen-bond donors (Lipinski definition) is 0. The van der Waals surface area contributed by atoms with E-state index in [-0.39, 0.29) is 16.7 Å². The molecular weight excluding hydrogens is 395 g/mol. The summed E-state index contributed by atoms with van der Waals surface area (Å²) in [6.07, 6.45) is -2.69. The number of aryl methyl sites for hydroxylation is 1. The van der Waals surface area contributed by atoms with Gasteiger partial charge in [-0.3, -0.25) is 9.69 Å². The Kier molecular flexibility index (Phi) is 5.82. The molecule has 0 atom stereocenters. The van der Waals surface area contributed by atoms with Gasteiger partial charge in [0, 0.05) is 11.4 Å². The minimum absolute atomic E-state index is 0.0564. The van der Waals surface area contributed by atoms with Crippen LogP contribution in [0.5, 0.6) is 0 Å². The van der Waals surface area contributed by atoms with Gasteiger partial charge in [0.25, 0.3) is 5.91 Å². The van der Waals surface area contributed by atoms with E-state index in [0.717, 1.165) is 31.2 Å². The molecule has 1 amide bonds. The Labute approximate surface area is 172 Å². The molecule has 0 saturated heterocycles. The first-order chi connectivity index (χ1) is 14.2. The lowest BCUT2D eigenvalue weighted by molar-refractivity contribution is -0.138. The molecule has 30 heavy (non-hydrogen) atoms. The molecule has 1 aliphatic rings. The standard InChI is InChI=1S/C23H20F3NO3/c1-4-15-9-11-17(12-10-15)27-14(2)20(22(29)30-3)18(21(27)28)13-16-7-5-6-8-19(16)23(24,25)26/h5-13H,4H2,1-3H3/b18-13-.